The Kier molecular flexibility index (Phi) is 2.72. The summed E-state index contributed by atoms with van der Waals surface area (Å²) in [5.41, 5.74) is 1.68. The zero-order chi connectivity index (χ0) is 11.9. The van der Waals surface area contributed by atoms with Gasteiger partial charge in [-0.05, 0) is 29.9 Å². The molecule has 0 aromatic heterocycles. The van der Waals surface area contributed by atoms with Crippen molar-refractivity contribution >= 4 is 11.6 Å². The van der Waals surface area contributed by atoms with Crippen LogP contribution in [0.2, 0.25) is 5.02 Å². The fourth-order valence-electron chi connectivity index (χ4n) is 3.31. The summed E-state index contributed by atoms with van der Waals surface area (Å²) in [5, 5.41) is 0.879. The maximum absolute atomic E-state index is 6.25. The van der Waals surface area contributed by atoms with Crippen LogP contribution in [0.3, 0.4) is 0 Å². The van der Waals surface area contributed by atoms with Crippen molar-refractivity contribution < 1.29 is 4.74 Å². The minimum absolute atomic E-state index is 0.0779. The lowest BCUT2D eigenvalue weighted by Gasteiger charge is -2.31. The average Bonchev–Trinajstić information content (AvgIpc) is 2.98. The Bertz CT molecular complexity index is 417. The Balaban J connectivity index is 1.83. The van der Waals surface area contributed by atoms with Crippen LogP contribution in [-0.2, 0) is 11.2 Å². The molecule has 0 bridgehead atoms. The molecule has 0 N–H and O–H groups in total. The predicted octanol–water partition coefficient (Wildman–Crippen LogP) is 4.23. The van der Waals surface area contributed by atoms with E-state index in [4.69, 9.17) is 16.3 Å². The fourth-order valence-corrected chi connectivity index (χ4v) is 3.51. The Morgan fingerprint density at radius 2 is 1.88 bits per heavy atom. The second-order valence-electron chi connectivity index (χ2n) is 5.82. The molecule has 0 spiro atoms. The van der Waals surface area contributed by atoms with Crippen LogP contribution in [0.25, 0.3) is 0 Å². The van der Waals surface area contributed by atoms with Crippen LogP contribution < -0.4 is 0 Å². The molecule has 1 nitrogen and oxygen atoms in total. The monoisotopic (exact) mass is 250 g/mol. The Morgan fingerprint density at radius 1 is 1.24 bits per heavy atom. The summed E-state index contributed by atoms with van der Waals surface area (Å²) >= 11 is 6.25. The van der Waals surface area contributed by atoms with E-state index in [0.29, 0.717) is 5.41 Å². The molecule has 1 aliphatic heterocycles. The third kappa shape index (κ3) is 1.90. The van der Waals surface area contributed by atoms with Crippen molar-refractivity contribution in [2.24, 2.45) is 5.41 Å². The SMILES string of the molecule is CC1(C2(Cc3ccccc3Cl)CO2)CCCC1. The number of ether oxygens (including phenoxy) is 1. The van der Waals surface area contributed by atoms with E-state index in [9.17, 15) is 0 Å². The van der Waals surface area contributed by atoms with Crippen molar-refractivity contribution in [1.29, 1.82) is 0 Å². The minimum atomic E-state index is 0.0779. The molecule has 2 fully saturated rings. The first kappa shape index (κ1) is 11.6. The molecule has 92 valence electrons. The molecule has 1 aromatic carbocycles. The van der Waals surface area contributed by atoms with Crippen molar-refractivity contribution in [1.82, 2.24) is 0 Å². The molecular weight excluding hydrogens is 232 g/mol. The van der Waals surface area contributed by atoms with Crippen molar-refractivity contribution in [3.8, 4) is 0 Å². The number of rotatable bonds is 3. The summed E-state index contributed by atoms with van der Waals surface area (Å²) < 4.78 is 5.88. The van der Waals surface area contributed by atoms with Gasteiger partial charge in [0.2, 0.25) is 0 Å². The molecule has 1 saturated carbocycles. The molecule has 2 heteroatoms. The van der Waals surface area contributed by atoms with Crippen molar-refractivity contribution in [2.45, 2.75) is 44.6 Å². The van der Waals surface area contributed by atoms with E-state index in [1.54, 1.807) is 0 Å². The number of epoxide rings is 1. The van der Waals surface area contributed by atoms with Crippen molar-refractivity contribution in [3.63, 3.8) is 0 Å². The smallest absolute Gasteiger partial charge is 0.101 e. The largest absolute Gasteiger partial charge is 0.369 e. The van der Waals surface area contributed by atoms with Gasteiger partial charge < -0.3 is 4.74 Å². The van der Waals surface area contributed by atoms with Crippen LogP contribution >= 0.6 is 11.6 Å². The second kappa shape index (κ2) is 4.00. The van der Waals surface area contributed by atoms with Gasteiger partial charge in [-0.1, -0.05) is 49.6 Å². The van der Waals surface area contributed by atoms with Gasteiger partial charge in [-0.2, -0.15) is 0 Å². The Morgan fingerprint density at radius 3 is 2.47 bits per heavy atom. The molecule has 3 rings (SSSR count). The highest BCUT2D eigenvalue weighted by molar-refractivity contribution is 6.31. The molecule has 1 aromatic rings. The summed E-state index contributed by atoms with van der Waals surface area (Å²) in [4.78, 5) is 0. The zero-order valence-electron chi connectivity index (χ0n) is 10.3. The van der Waals surface area contributed by atoms with Crippen LogP contribution in [0, 0.1) is 5.41 Å². The topological polar surface area (TPSA) is 12.5 Å². The molecule has 1 heterocycles. The zero-order valence-corrected chi connectivity index (χ0v) is 11.1. The van der Waals surface area contributed by atoms with Crippen LogP contribution in [-0.4, -0.2) is 12.2 Å². The fraction of sp³-hybridized carbons (Fsp3) is 0.600. The van der Waals surface area contributed by atoms with Gasteiger partial charge >= 0.3 is 0 Å². The molecule has 1 atom stereocenters. The van der Waals surface area contributed by atoms with Gasteiger partial charge in [0.05, 0.1) is 6.61 Å². The third-order valence-corrected chi connectivity index (χ3v) is 5.10. The molecule has 0 radical (unpaired) electrons. The Hall–Kier alpha value is -0.530. The molecule has 1 saturated heterocycles. The van der Waals surface area contributed by atoms with E-state index < -0.39 is 0 Å². The quantitative estimate of drug-likeness (QED) is 0.732. The molecule has 2 aliphatic rings. The van der Waals surface area contributed by atoms with Gasteiger partial charge in [-0.3, -0.25) is 0 Å². The van der Waals surface area contributed by atoms with E-state index in [1.807, 2.05) is 12.1 Å². The van der Waals surface area contributed by atoms with E-state index in [0.717, 1.165) is 18.1 Å². The minimum Gasteiger partial charge on any atom is -0.369 e. The second-order valence-corrected chi connectivity index (χ2v) is 6.23. The highest BCUT2D eigenvalue weighted by Gasteiger charge is 2.59. The lowest BCUT2D eigenvalue weighted by molar-refractivity contribution is 0.124. The first-order valence-corrected chi connectivity index (χ1v) is 6.90. The first-order valence-electron chi connectivity index (χ1n) is 6.53. The van der Waals surface area contributed by atoms with E-state index >= 15 is 0 Å². The van der Waals surface area contributed by atoms with Gasteiger partial charge in [-0.15, -0.1) is 0 Å². The maximum atomic E-state index is 6.25. The average molecular weight is 251 g/mol. The predicted molar refractivity (Wildman–Crippen MR) is 70.4 cm³/mol. The standard InChI is InChI=1S/C15H19ClO/c1-14(8-4-5-9-14)15(11-17-15)10-12-6-2-3-7-13(12)16/h2-3,6-7H,4-5,8-11H2,1H3. The van der Waals surface area contributed by atoms with Crippen molar-refractivity contribution in [2.75, 3.05) is 6.61 Å². The number of hydrogen-bond donors (Lipinski definition) is 0. The van der Waals surface area contributed by atoms with E-state index in [2.05, 4.69) is 19.1 Å². The molecule has 1 unspecified atom stereocenters. The summed E-state index contributed by atoms with van der Waals surface area (Å²) in [6.45, 7) is 3.30. The van der Waals surface area contributed by atoms with E-state index in [-0.39, 0.29) is 5.60 Å². The molecule has 17 heavy (non-hydrogen) atoms. The number of hydrogen-bond acceptors (Lipinski definition) is 1. The summed E-state index contributed by atoms with van der Waals surface area (Å²) in [7, 11) is 0. The highest BCUT2D eigenvalue weighted by atomic mass is 35.5. The molecule has 1 aliphatic carbocycles. The van der Waals surface area contributed by atoms with Crippen LogP contribution in [0.4, 0.5) is 0 Å². The van der Waals surface area contributed by atoms with Crippen LogP contribution in [0.15, 0.2) is 24.3 Å². The summed E-state index contributed by atoms with van der Waals surface area (Å²) in [6, 6.07) is 8.16. The van der Waals surface area contributed by atoms with Gasteiger partial charge in [0.25, 0.3) is 0 Å². The van der Waals surface area contributed by atoms with Gasteiger partial charge in [0.15, 0.2) is 0 Å². The Labute approximate surface area is 108 Å². The summed E-state index contributed by atoms with van der Waals surface area (Å²) in [5.74, 6) is 0. The van der Waals surface area contributed by atoms with E-state index in [1.165, 1.54) is 31.2 Å². The lowest BCUT2D eigenvalue weighted by Crippen LogP contribution is -2.35. The van der Waals surface area contributed by atoms with Gasteiger partial charge in [0, 0.05) is 11.4 Å². The maximum Gasteiger partial charge on any atom is 0.101 e. The van der Waals surface area contributed by atoms with Crippen LogP contribution in [0.1, 0.15) is 38.2 Å². The summed E-state index contributed by atoms with van der Waals surface area (Å²) in [6.07, 6.45) is 6.28. The number of benzene rings is 1. The van der Waals surface area contributed by atoms with Gasteiger partial charge in [-0.25, -0.2) is 0 Å². The van der Waals surface area contributed by atoms with Gasteiger partial charge in [0.1, 0.15) is 5.60 Å². The first-order chi connectivity index (χ1) is 8.15. The molecule has 0 amide bonds. The lowest BCUT2D eigenvalue weighted by atomic mass is 9.73. The molecular formula is C15H19ClO. The number of halogens is 1. The normalized spacial score (nSPS) is 30.5. The highest BCUT2D eigenvalue weighted by Crippen LogP contribution is 2.55. The third-order valence-electron chi connectivity index (χ3n) is 4.73. The van der Waals surface area contributed by atoms with Crippen molar-refractivity contribution in [3.05, 3.63) is 34.9 Å². The van der Waals surface area contributed by atoms with Crippen LogP contribution in [0.5, 0.6) is 0 Å².